The Balaban J connectivity index is 1.68. The van der Waals surface area contributed by atoms with Gasteiger partial charge in [0, 0.05) is 36.1 Å². The highest BCUT2D eigenvalue weighted by Crippen LogP contribution is 2.32. The van der Waals surface area contributed by atoms with E-state index >= 15 is 0 Å². The molecule has 0 saturated carbocycles. The zero-order valence-corrected chi connectivity index (χ0v) is 13.3. The maximum absolute atomic E-state index is 12.9. The van der Waals surface area contributed by atoms with Gasteiger partial charge in [0.25, 0.3) is 5.91 Å². The van der Waals surface area contributed by atoms with E-state index in [0.29, 0.717) is 28.4 Å². The van der Waals surface area contributed by atoms with E-state index in [2.05, 4.69) is 5.32 Å². The smallest absolute Gasteiger partial charge is 0.289 e. The second kappa shape index (κ2) is 5.28. The van der Waals surface area contributed by atoms with Crippen LogP contribution in [0.3, 0.4) is 0 Å². The van der Waals surface area contributed by atoms with E-state index in [0.717, 1.165) is 36.9 Å². The van der Waals surface area contributed by atoms with Crippen LogP contribution in [0.5, 0.6) is 0 Å². The Hall–Kier alpha value is -1.52. The second-order valence-corrected chi connectivity index (χ2v) is 6.76. The number of para-hydroxylation sites is 1. The van der Waals surface area contributed by atoms with E-state index in [-0.39, 0.29) is 5.91 Å². The predicted octanol–water partition coefficient (Wildman–Crippen LogP) is 3.36. The molecule has 4 rings (SSSR count). The quantitative estimate of drug-likeness (QED) is 0.877. The molecular formula is C17H19ClN2O2. The third-order valence-electron chi connectivity index (χ3n) is 4.92. The van der Waals surface area contributed by atoms with Crippen molar-refractivity contribution >= 4 is 28.5 Å². The summed E-state index contributed by atoms with van der Waals surface area (Å²) in [7, 11) is 0. The number of hydrogen-bond acceptors (Lipinski definition) is 3. The van der Waals surface area contributed by atoms with Crippen molar-refractivity contribution in [2.24, 2.45) is 0 Å². The number of hydrogen-bond donors (Lipinski definition) is 1. The first-order valence-corrected chi connectivity index (χ1v) is 8.24. The van der Waals surface area contributed by atoms with Gasteiger partial charge in [-0.1, -0.05) is 23.7 Å². The Morgan fingerprint density at radius 2 is 2.14 bits per heavy atom. The molecule has 22 heavy (non-hydrogen) atoms. The molecule has 2 aromatic rings. The summed E-state index contributed by atoms with van der Waals surface area (Å²) < 4.78 is 5.82. The molecule has 2 atom stereocenters. The molecule has 2 fully saturated rings. The second-order valence-electron chi connectivity index (χ2n) is 6.35. The van der Waals surface area contributed by atoms with Crippen LogP contribution in [-0.2, 0) is 0 Å². The number of carbonyl (C=O) groups excluding carboxylic acids is 1. The highest BCUT2D eigenvalue weighted by molar-refractivity contribution is 6.35. The normalized spacial score (nSPS) is 24.7. The van der Waals surface area contributed by atoms with Gasteiger partial charge in [-0.3, -0.25) is 4.79 Å². The molecule has 2 aliphatic heterocycles. The fraction of sp³-hybridized carbons (Fsp3) is 0.471. The van der Waals surface area contributed by atoms with Gasteiger partial charge in [0.1, 0.15) is 0 Å². The number of halogens is 1. The third kappa shape index (κ3) is 2.22. The van der Waals surface area contributed by atoms with Gasteiger partial charge in [-0.2, -0.15) is 0 Å². The van der Waals surface area contributed by atoms with Crippen LogP contribution in [0.15, 0.2) is 22.6 Å². The predicted molar refractivity (Wildman–Crippen MR) is 86.4 cm³/mol. The van der Waals surface area contributed by atoms with Crippen molar-refractivity contribution in [1.29, 1.82) is 0 Å². The van der Waals surface area contributed by atoms with Gasteiger partial charge >= 0.3 is 0 Å². The minimum Gasteiger partial charge on any atom is -0.449 e. The molecule has 0 spiro atoms. The zero-order valence-electron chi connectivity index (χ0n) is 12.6. The van der Waals surface area contributed by atoms with E-state index in [1.807, 2.05) is 24.0 Å². The first-order valence-electron chi connectivity index (χ1n) is 7.86. The fourth-order valence-corrected chi connectivity index (χ4v) is 3.90. The number of nitrogens with one attached hydrogen (secondary N) is 1. The number of benzene rings is 1. The van der Waals surface area contributed by atoms with Crippen molar-refractivity contribution in [3.05, 3.63) is 34.5 Å². The Kier molecular flexibility index (Phi) is 3.39. The standard InChI is InChI=1S/C17H19ClN2O2/c1-10-13-3-2-4-14(18)16(13)22-15(10)17(21)20-8-7-11-5-6-12(9-20)19-11/h2-4,11-12,19H,5-9H2,1H3. The molecule has 4 nitrogen and oxygen atoms in total. The lowest BCUT2D eigenvalue weighted by Crippen LogP contribution is -2.39. The summed E-state index contributed by atoms with van der Waals surface area (Å²) in [4.78, 5) is 14.8. The number of likely N-dealkylation sites (tertiary alicyclic amines) is 1. The molecule has 5 heteroatoms. The largest absolute Gasteiger partial charge is 0.449 e. The summed E-state index contributed by atoms with van der Waals surface area (Å²) in [5.41, 5.74) is 1.49. The number of fused-ring (bicyclic) bond motifs is 3. The maximum Gasteiger partial charge on any atom is 0.289 e. The summed E-state index contributed by atoms with van der Waals surface area (Å²) in [6.07, 6.45) is 3.40. The summed E-state index contributed by atoms with van der Waals surface area (Å²) in [6.45, 7) is 3.48. The van der Waals surface area contributed by atoms with E-state index in [1.165, 1.54) is 6.42 Å². The first kappa shape index (κ1) is 14.1. The molecule has 0 radical (unpaired) electrons. The van der Waals surface area contributed by atoms with Crippen molar-refractivity contribution in [1.82, 2.24) is 10.2 Å². The zero-order chi connectivity index (χ0) is 15.3. The molecular weight excluding hydrogens is 300 g/mol. The Bertz CT molecular complexity index is 740. The summed E-state index contributed by atoms with van der Waals surface area (Å²) >= 11 is 6.18. The van der Waals surface area contributed by atoms with Crippen LogP contribution in [-0.4, -0.2) is 36.0 Å². The Morgan fingerprint density at radius 3 is 2.95 bits per heavy atom. The van der Waals surface area contributed by atoms with Gasteiger partial charge in [-0.15, -0.1) is 0 Å². The Labute approximate surface area is 134 Å². The minimum atomic E-state index is -0.0147. The molecule has 3 heterocycles. The fourth-order valence-electron chi connectivity index (χ4n) is 3.68. The van der Waals surface area contributed by atoms with Crippen LogP contribution in [0.2, 0.25) is 5.02 Å². The number of carbonyl (C=O) groups is 1. The number of amides is 1. The number of aryl methyl sites for hydroxylation is 1. The van der Waals surface area contributed by atoms with E-state index in [4.69, 9.17) is 16.0 Å². The van der Waals surface area contributed by atoms with Crippen molar-refractivity contribution in [3.63, 3.8) is 0 Å². The van der Waals surface area contributed by atoms with Gasteiger partial charge in [0.15, 0.2) is 11.3 Å². The lowest BCUT2D eigenvalue weighted by molar-refractivity contribution is 0.0717. The first-order chi connectivity index (χ1) is 10.6. The molecule has 2 unspecified atom stereocenters. The highest BCUT2D eigenvalue weighted by atomic mass is 35.5. The lowest BCUT2D eigenvalue weighted by Gasteiger charge is -2.23. The minimum absolute atomic E-state index is 0.0147. The van der Waals surface area contributed by atoms with Gasteiger partial charge < -0.3 is 14.6 Å². The molecule has 1 aromatic carbocycles. The summed E-state index contributed by atoms with van der Waals surface area (Å²) in [6, 6.07) is 6.60. The van der Waals surface area contributed by atoms with Crippen LogP contribution in [0, 0.1) is 6.92 Å². The number of nitrogens with zero attached hydrogens (tertiary/aromatic N) is 1. The molecule has 1 amide bonds. The topological polar surface area (TPSA) is 45.5 Å². The van der Waals surface area contributed by atoms with Crippen molar-refractivity contribution < 1.29 is 9.21 Å². The van der Waals surface area contributed by atoms with Gasteiger partial charge in [0.05, 0.1) is 5.02 Å². The molecule has 2 bridgehead atoms. The van der Waals surface area contributed by atoms with E-state index in [9.17, 15) is 4.79 Å². The van der Waals surface area contributed by atoms with Crippen molar-refractivity contribution in [2.75, 3.05) is 13.1 Å². The van der Waals surface area contributed by atoms with E-state index < -0.39 is 0 Å². The van der Waals surface area contributed by atoms with Crippen LogP contribution in [0.4, 0.5) is 0 Å². The van der Waals surface area contributed by atoms with Crippen LogP contribution < -0.4 is 5.32 Å². The van der Waals surface area contributed by atoms with Gasteiger partial charge in [-0.25, -0.2) is 0 Å². The summed E-state index contributed by atoms with van der Waals surface area (Å²) in [5.74, 6) is 0.417. The molecule has 2 aliphatic rings. The van der Waals surface area contributed by atoms with Gasteiger partial charge in [0.2, 0.25) is 0 Å². The lowest BCUT2D eigenvalue weighted by atomic mass is 10.1. The number of rotatable bonds is 1. The van der Waals surface area contributed by atoms with Crippen LogP contribution in [0.1, 0.15) is 35.4 Å². The Morgan fingerprint density at radius 1 is 1.32 bits per heavy atom. The molecule has 0 aliphatic carbocycles. The molecule has 1 aromatic heterocycles. The maximum atomic E-state index is 12.9. The monoisotopic (exact) mass is 318 g/mol. The average molecular weight is 319 g/mol. The van der Waals surface area contributed by atoms with Gasteiger partial charge in [-0.05, 0) is 32.3 Å². The molecule has 1 N–H and O–H groups in total. The van der Waals surface area contributed by atoms with Crippen LogP contribution in [0.25, 0.3) is 11.0 Å². The van der Waals surface area contributed by atoms with Crippen LogP contribution >= 0.6 is 11.6 Å². The van der Waals surface area contributed by atoms with Crippen molar-refractivity contribution in [2.45, 2.75) is 38.3 Å². The summed E-state index contributed by atoms with van der Waals surface area (Å²) in [5, 5.41) is 5.07. The molecule has 2 saturated heterocycles. The average Bonchev–Trinajstić information content (AvgIpc) is 3.00. The van der Waals surface area contributed by atoms with Crippen molar-refractivity contribution in [3.8, 4) is 0 Å². The highest BCUT2D eigenvalue weighted by Gasteiger charge is 2.33. The van der Waals surface area contributed by atoms with E-state index in [1.54, 1.807) is 6.07 Å². The third-order valence-corrected chi connectivity index (χ3v) is 5.22. The SMILES string of the molecule is Cc1c(C(=O)N2CCC3CCC(C2)N3)oc2c(Cl)cccc12. The molecule has 116 valence electrons. The number of furan rings is 1.